The van der Waals surface area contributed by atoms with Crippen LogP contribution in [-0.4, -0.2) is 11.0 Å². The first kappa shape index (κ1) is 14.4. The molecule has 0 radical (unpaired) electrons. The monoisotopic (exact) mass is 302 g/mol. The molecular formula is C17H19ClN2O. The third-order valence-electron chi connectivity index (χ3n) is 3.53. The zero-order valence-electron chi connectivity index (χ0n) is 12.1. The summed E-state index contributed by atoms with van der Waals surface area (Å²) in [5.74, 6) is 0.820. The van der Waals surface area contributed by atoms with Crippen LogP contribution < -0.4 is 10.1 Å². The van der Waals surface area contributed by atoms with Gasteiger partial charge in [-0.15, -0.1) is 0 Å². The van der Waals surface area contributed by atoms with Crippen molar-refractivity contribution in [2.75, 3.05) is 0 Å². The molecule has 0 spiro atoms. The van der Waals surface area contributed by atoms with Crippen LogP contribution in [-0.2, 0) is 13.2 Å². The van der Waals surface area contributed by atoms with Crippen molar-refractivity contribution in [1.29, 1.82) is 0 Å². The highest BCUT2D eigenvalue weighted by Gasteiger charge is 2.20. The summed E-state index contributed by atoms with van der Waals surface area (Å²) in [7, 11) is 0. The van der Waals surface area contributed by atoms with Gasteiger partial charge in [0, 0.05) is 17.6 Å². The molecular weight excluding hydrogens is 284 g/mol. The van der Waals surface area contributed by atoms with Crippen LogP contribution in [0.2, 0.25) is 5.02 Å². The second-order valence-electron chi connectivity index (χ2n) is 5.48. The molecule has 1 saturated carbocycles. The van der Waals surface area contributed by atoms with Gasteiger partial charge in [-0.3, -0.25) is 4.98 Å². The molecule has 3 rings (SSSR count). The molecule has 0 saturated heterocycles. The molecule has 0 aliphatic heterocycles. The minimum Gasteiger partial charge on any atom is -0.487 e. The van der Waals surface area contributed by atoms with Gasteiger partial charge in [-0.1, -0.05) is 17.7 Å². The average molecular weight is 303 g/mol. The van der Waals surface area contributed by atoms with E-state index in [0.717, 1.165) is 34.3 Å². The van der Waals surface area contributed by atoms with E-state index in [1.54, 1.807) is 0 Å². The number of benzene rings is 1. The SMILES string of the molecule is Cc1cc(OCc2cccc(CNC3CC3)n2)ccc1Cl. The van der Waals surface area contributed by atoms with Crippen molar-refractivity contribution in [3.63, 3.8) is 0 Å². The second-order valence-corrected chi connectivity index (χ2v) is 5.88. The Hall–Kier alpha value is -1.58. The lowest BCUT2D eigenvalue weighted by molar-refractivity contribution is 0.300. The Morgan fingerprint density at radius 1 is 1.24 bits per heavy atom. The summed E-state index contributed by atoms with van der Waals surface area (Å²) in [6.45, 7) is 3.27. The normalized spacial score (nSPS) is 14.2. The van der Waals surface area contributed by atoms with Crippen molar-refractivity contribution in [2.45, 2.75) is 39.0 Å². The number of rotatable bonds is 6. The van der Waals surface area contributed by atoms with Crippen LogP contribution >= 0.6 is 11.6 Å². The van der Waals surface area contributed by atoms with E-state index >= 15 is 0 Å². The highest BCUT2D eigenvalue weighted by molar-refractivity contribution is 6.31. The summed E-state index contributed by atoms with van der Waals surface area (Å²) < 4.78 is 5.78. The molecule has 0 bridgehead atoms. The summed E-state index contributed by atoms with van der Waals surface area (Å²) in [5, 5.41) is 4.23. The quantitative estimate of drug-likeness (QED) is 0.879. The number of aryl methyl sites for hydroxylation is 1. The summed E-state index contributed by atoms with van der Waals surface area (Å²) in [5.41, 5.74) is 3.03. The number of pyridine rings is 1. The van der Waals surface area contributed by atoms with Crippen molar-refractivity contribution in [3.8, 4) is 5.75 Å². The van der Waals surface area contributed by atoms with E-state index in [4.69, 9.17) is 16.3 Å². The molecule has 0 atom stereocenters. The lowest BCUT2D eigenvalue weighted by Gasteiger charge is -2.09. The Kier molecular flexibility index (Phi) is 4.42. The highest BCUT2D eigenvalue weighted by atomic mass is 35.5. The van der Waals surface area contributed by atoms with Crippen LogP contribution in [0, 0.1) is 6.92 Å². The first-order chi connectivity index (χ1) is 10.2. The van der Waals surface area contributed by atoms with Gasteiger partial charge in [0.15, 0.2) is 0 Å². The summed E-state index contributed by atoms with van der Waals surface area (Å²) in [6.07, 6.45) is 2.58. The number of halogens is 1. The number of hydrogen-bond acceptors (Lipinski definition) is 3. The maximum absolute atomic E-state index is 6.01. The van der Waals surface area contributed by atoms with Crippen molar-refractivity contribution in [1.82, 2.24) is 10.3 Å². The highest BCUT2D eigenvalue weighted by Crippen LogP contribution is 2.22. The van der Waals surface area contributed by atoms with Crippen molar-refractivity contribution < 1.29 is 4.74 Å². The molecule has 2 aromatic rings. The maximum Gasteiger partial charge on any atom is 0.130 e. The van der Waals surface area contributed by atoms with Crippen molar-refractivity contribution in [3.05, 3.63) is 58.4 Å². The number of nitrogens with zero attached hydrogens (tertiary/aromatic N) is 1. The van der Waals surface area contributed by atoms with Gasteiger partial charge in [0.2, 0.25) is 0 Å². The first-order valence-corrected chi connectivity index (χ1v) is 7.65. The molecule has 110 valence electrons. The van der Waals surface area contributed by atoms with Gasteiger partial charge in [-0.05, 0) is 55.7 Å². The Labute approximate surface area is 130 Å². The lowest BCUT2D eigenvalue weighted by atomic mass is 10.2. The number of aromatic nitrogens is 1. The second kappa shape index (κ2) is 6.46. The molecule has 1 aromatic heterocycles. The van der Waals surface area contributed by atoms with Gasteiger partial charge in [-0.25, -0.2) is 0 Å². The average Bonchev–Trinajstić information content (AvgIpc) is 3.31. The van der Waals surface area contributed by atoms with E-state index in [1.165, 1.54) is 12.8 Å². The Balaban J connectivity index is 1.58. The Bertz CT molecular complexity index is 626. The van der Waals surface area contributed by atoms with Gasteiger partial charge < -0.3 is 10.1 Å². The Morgan fingerprint density at radius 2 is 2.05 bits per heavy atom. The van der Waals surface area contributed by atoms with Crippen LogP contribution in [0.15, 0.2) is 36.4 Å². The molecule has 0 unspecified atom stereocenters. The summed E-state index contributed by atoms with van der Waals surface area (Å²) in [6, 6.07) is 12.4. The fraction of sp³-hybridized carbons (Fsp3) is 0.353. The van der Waals surface area contributed by atoms with Crippen molar-refractivity contribution in [2.24, 2.45) is 0 Å². The van der Waals surface area contributed by atoms with Crippen LogP contribution in [0.4, 0.5) is 0 Å². The van der Waals surface area contributed by atoms with Gasteiger partial charge in [0.05, 0.1) is 11.4 Å². The minimum absolute atomic E-state index is 0.471. The zero-order valence-corrected chi connectivity index (χ0v) is 12.9. The molecule has 1 N–H and O–H groups in total. The van der Waals surface area contributed by atoms with E-state index in [-0.39, 0.29) is 0 Å². The third kappa shape index (κ3) is 4.19. The number of ether oxygens (including phenoxy) is 1. The predicted molar refractivity (Wildman–Crippen MR) is 84.6 cm³/mol. The van der Waals surface area contributed by atoms with Crippen molar-refractivity contribution >= 4 is 11.6 Å². The third-order valence-corrected chi connectivity index (χ3v) is 3.95. The zero-order chi connectivity index (χ0) is 14.7. The largest absolute Gasteiger partial charge is 0.487 e. The van der Waals surface area contributed by atoms with Gasteiger partial charge >= 0.3 is 0 Å². The Morgan fingerprint density at radius 3 is 2.81 bits per heavy atom. The summed E-state index contributed by atoms with van der Waals surface area (Å²) in [4.78, 5) is 4.61. The standard InChI is InChI=1S/C17H19ClN2O/c1-12-9-16(7-8-17(12)18)21-11-15-4-2-3-14(20-15)10-19-13-5-6-13/h2-4,7-9,13,19H,5-6,10-11H2,1H3. The topological polar surface area (TPSA) is 34.1 Å². The molecule has 3 nitrogen and oxygen atoms in total. The smallest absolute Gasteiger partial charge is 0.130 e. The fourth-order valence-corrected chi connectivity index (χ4v) is 2.23. The van der Waals surface area contributed by atoms with Crippen LogP contribution in [0.1, 0.15) is 29.8 Å². The maximum atomic E-state index is 6.01. The molecule has 1 aliphatic rings. The molecule has 4 heteroatoms. The van der Waals surface area contributed by atoms with E-state index < -0.39 is 0 Å². The van der Waals surface area contributed by atoms with Gasteiger partial charge in [0.1, 0.15) is 12.4 Å². The fourth-order valence-electron chi connectivity index (χ4n) is 2.11. The molecule has 0 amide bonds. The summed E-state index contributed by atoms with van der Waals surface area (Å²) >= 11 is 6.01. The molecule has 1 aromatic carbocycles. The van der Waals surface area contributed by atoms with E-state index in [0.29, 0.717) is 12.6 Å². The van der Waals surface area contributed by atoms with E-state index in [1.807, 2.05) is 43.3 Å². The predicted octanol–water partition coefficient (Wildman–Crippen LogP) is 3.87. The molecule has 21 heavy (non-hydrogen) atoms. The van der Waals surface area contributed by atoms with Crippen LogP contribution in [0.3, 0.4) is 0 Å². The lowest BCUT2D eigenvalue weighted by Crippen LogP contribution is -2.16. The van der Waals surface area contributed by atoms with E-state index in [9.17, 15) is 0 Å². The number of nitrogens with one attached hydrogen (secondary N) is 1. The first-order valence-electron chi connectivity index (χ1n) is 7.28. The van der Waals surface area contributed by atoms with Crippen LogP contribution in [0.25, 0.3) is 0 Å². The minimum atomic E-state index is 0.471. The van der Waals surface area contributed by atoms with Crippen LogP contribution in [0.5, 0.6) is 5.75 Å². The van der Waals surface area contributed by atoms with Gasteiger partial charge in [0.25, 0.3) is 0 Å². The molecule has 1 aliphatic carbocycles. The van der Waals surface area contributed by atoms with E-state index in [2.05, 4.69) is 10.3 Å². The van der Waals surface area contributed by atoms with Gasteiger partial charge in [-0.2, -0.15) is 0 Å². The molecule has 1 fully saturated rings. The number of hydrogen-bond donors (Lipinski definition) is 1. The molecule has 1 heterocycles.